The smallest absolute Gasteiger partial charge is 0.303 e. The van der Waals surface area contributed by atoms with Crippen LogP contribution in [0, 0.1) is 0 Å². The summed E-state index contributed by atoms with van der Waals surface area (Å²) >= 11 is 12.1. The Labute approximate surface area is 232 Å². The summed E-state index contributed by atoms with van der Waals surface area (Å²) in [4.78, 5) is 47.7. The third-order valence-electron chi connectivity index (χ3n) is 4.86. The molecule has 0 aliphatic carbocycles. The van der Waals surface area contributed by atoms with Gasteiger partial charge in [-0.2, -0.15) is 0 Å². The van der Waals surface area contributed by atoms with E-state index >= 15 is 0 Å². The van der Waals surface area contributed by atoms with Gasteiger partial charge in [-0.1, -0.05) is 0 Å². The summed E-state index contributed by atoms with van der Waals surface area (Å²) in [6, 6.07) is 0. The molecule has 1 saturated heterocycles. The molecule has 1 fully saturated rings. The lowest BCUT2D eigenvalue weighted by molar-refractivity contribution is -0.251. The first-order valence-electron chi connectivity index (χ1n) is 12.0. The number of rotatable bonds is 15. The van der Waals surface area contributed by atoms with Gasteiger partial charge in [0.2, 0.25) is 0 Å². The molecule has 0 aromatic carbocycles. The van der Waals surface area contributed by atoms with Gasteiger partial charge in [-0.3, -0.25) is 19.2 Å². The highest BCUT2D eigenvalue weighted by Gasteiger charge is 2.53. The van der Waals surface area contributed by atoms with Crippen molar-refractivity contribution in [1.82, 2.24) is 4.67 Å². The van der Waals surface area contributed by atoms with E-state index in [4.69, 9.17) is 60.7 Å². The van der Waals surface area contributed by atoms with E-state index < -0.39 is 62.2 Å². The molecule has 1 rings (SSSR count). The Bertz CT molecular complexity index is 847. The highest BCUT2D eigenvalue weighted by Crippen LogP contribution is 2.56. The number of hydrogen-bond acceptors (Lipinski definition) is 12. The van der Waals surface area contributed by atoms with Gasteiger partial charge >= 0.3 is 23.9 Å². The van der Waals surface area contributed by atoms with Gasteiger partial charge in [0.1, 0.15) is 12.7 Å². The van der Waals surface area contributed by atoms with Crippen molar-refractivity contribution in [2.75, 3.05) is 44.7 Å². The molecule has 0 unspecified atom stereocenters. The maximum Gasteiger partial charge on any atom is 0.303 e. The van der Waals surface area contributed by atoms with Crippen LogP contribution in [0.1, 0.15) is 41.5 Å². The summed E-state index contributed by atoms with van der Waals surface area (Å²) < 4.78 is 46.3. The molecule has 38 heavy (non-hydrogen) atoms. The van der Waals surface area contributed by atoms with Crippen LogP contribution < -0.4 is 0 Å². The fourth-order valence-corrected chi connectivity index (χ4v) is 6.85. The van der Waals surface area contributed by atoms with Crippen LogP contribution >= 0.6 is 30.9 Å². The van der Waals surface area contributed by atoms with Crippen molar-refractivity contribution in [2.24, 2.45) is 4.74 Å². The third-order valence-corrected chi connectivity index (χ3v) is 8.02. The molecule has 0 spiro atoms. The molecule has 0 saturated carbocycles. The first-order valence-corrected chi connectivity index (χ1v) is 14.6. The predicted octanol–water partition coefficient (Wildman–Crippen LogP) is 2.87. The molecular weight excluding hydrogens is 570 g/mol. The number of esters is 4. The maximum atomic E-state index is 12.1. The maximum absolute atomic E-state index is 12.1. The molecule has 0 bridgehead atoms. The second-order valence-electron chi connectivity index (χ2n) is 7.86. The largest absolute Gasteiger partial charge is 0.463 e. The fourth-order valence-electron chi connectivity index (χ4n) is 3.68. The SMILES string of the molecule is CCOP(=N[C@@H]1O[C@H](COC(C)=O)[C@@H](OC(C)=O)[C@H](OC(C)=O)[C@H]1OC(C)=O)(OCC)N(CCCl)CCCl. The molecule has 1 aliphatic heterocycles. The lowest BCUT2D eigenvalue weighted by Gasteiger charge is -2.44. The van der Waals surface area contributed by atoms with Gasteiger partial charge < -0.3 is 32.7 Å². The van der Waals surface area contributed by atoms with Crippen LogP contribution in [0.25, 0.3) is 0 Å². The molecule has 0 aromatic rings. The Hall–Kier alpha value is -1.47. The Balaban J connectivity index is 3.85. The summed E-state index contributed by atoms with van der Waals surface area (Å²) in [6.07, 6.45) is -6.59. The zero-order chi connectivity index (χ0) is 28.9. The van der Waals surface area contributed by atoms with E-state index in [1.54, 1.807) is 18.5 Å². The molecule has 1 heterocycles. The monoisotopic (exact) mass is 606 g/mol. The second-order valence-corrected chi connectivity index (χ2v) is 10.9. The fraction of sp³-hybridized carbons (Fsp3) is 0.818. The number of nitrogens with zero attached hydrogens (tertiary/aromatic N) is 2. The topological polar surface area (TPSA) is 148 Å². The van der Waals surface area contributed by atoms with Gasteiger partial charge in [0, 0.05) is 52.5 Å². The van der Waals surface area contributed by atoms with E-state index in [1.165, 1.54) is 6.92 Å². The quantitative estimate of drug-likeness (QED) is 0.117. The Morgan fingerprint density at radius 3 is 1.68 bits per heavy atom. The average molecular weight is 607 g/mol. The van der Waals surface area contributed by atoms with Crippen LogP contribution in [0.15, 0.2) is 4.74 Å². The third kappa shape index (κ3) is 10.6. The number of ether oxygens (including phenoxy) is 5. The van der Waals surface area contributed by atoms with Gasteiger partial charge in [0.25, 0.3) is 7.66 Å². The van der Waals surface area contributed by atoms with E-state index in [2.05, 4.69) is 0 Å². The van der Waals surface area contributed by atoms with Crippen molar-refractivity contribution in [3.8, 4) is 0 Å². The predicted molar refractivity (Wildman–Crippen MR) is 138 cm³/mol. The Kier molecular flexibility index (Phi) is 15.7. The highest BCUT2D eigenvalue weighted by atomic mass is 35.5. The number of hydrogen-bond donors (Lipinski definition) is 0. The summed E-state index contributed by atoms with van der Waals surface area (Å²) in [5.41, 5.74) is 0. The van der Waals surface area contributed by atoms with E-state index in [0.29, 0.717) is 0 Å². The minimum atomic E-state index is -3.34. The molecule has 220 valence electrons. The van der Waals surface area contributed by atoms with Crippen LogP contribution in [0.5, 0.6) is 0 Å². The van der Waals surface area contributed by atoms with Crippen LogP contribution in [-0.2, 0) is 51.9 Å². The van der Waals surface area contributed by atoms with Gasteiger partial charge in [-0.05, 0) is 13.8 Å². The van der Waals surface area contributed by atoms with Crippen molar-refractivity contribution >= 4 is 54.7 Å². The number of carbonyl (C=O) groups excluding carboxylic acids is 4. The summed E-state index contributed by atoms with van der Waals surface area (Å²) in [5, 5.41) is 0. The molecule has 0 aromatic heterocycles. The molecule has 0 amide bonds. The molecule has 13 nitrogen and oxygen atoms in total. The Morgan fingerprint density at radius 2 is 1.26 bits per heavy atom. The van der Waals surface area contributed by atoms with Crippen molar-refractivity contribution in [3.63, 3.8) is 0 Å². The van der Waals surface area contributed by atoms with Gasteiger partial charge in [-0.25, -0.2) is 9.42 Å². The molecule has 5 atom stereocenters. The van der Waals surface area contributed by atoms with Crippen LogP contribution in [0.4, 0.5) is 0 Å². The van der Waals surface area contributed by atoms with Crippen molar-refractivity contribution in [1.29, 1.82) is 0 Å². The minimum Gasteiger partial charge on any atom is -0.463 e. The first-order chi connectivity index (χ1) is 17.9. The first kappa shape index (κ1) is 34.6. The normalized spacial score (nSPS) is 23.4. The minimum absolute atomic E-state index is 0.184. The van der Waals surface area contributed by atoms with Crippen molar-refractivity contribution in [2.45, 2.75) is 72.2 Å². The summed E-state index contributed by atoms with van der Waals surface area (Å²) in [7, 11) is -3.34. The van der Waals surface area contributed by atoms with E-state index in [-0.39, 0.29) is 44.7 Å². The lowest BCUT2D eigenvalue weighted by Crippen LogP contribution is -2.62. The molecular formula is C22H37Cl2N2O11P. The van der Waals surface area contributed by atoms with Crippen molar-refractivity contribution < 1.29 is 51.9 Å². The molecule has 16 heteroatoms. The number of carbonyl (C=O) groups is 4. The van der Waals surface area contributed by atoms with Crippen LogP contribution in [0.2, 0.25) is 0 Å². The van der Waals surface area contributed by atoms with Crippen molar-refractivity contribution in [3.05, 3.63) is 0 Å². The Morgan fingerprint density at radius 1 is 0.789 bits per heavy atom. The highest BCUT2D eigenvalue weighted by molar-refractivity contribution is 7.53. The number of alkyl halides is 2. The zero-order valence-corrected chi connectivity index (χ0v) is 24.8. The summed E-state index contributed by atoms with van der Waals surface area (Å²) in [5.74, 6) is -2.46. The lowest BCUT2D eigenvalue weighted by atomic mass is 9.97. The van der Waals surface area contributed by atoms with Crippen LogP contribution in [0.3, 0.4) is 0 Å². The van der Waals surface area contributed by atoms with E-state index in [0.717, 1.165) is 20.8 Å². The molecule has 0 radical (unpaired) electrons. The zero-order valence-electron chi connectivity index (χ0n) is 22.4. The van der Waals surface area contributed by atoms with E-state index in [9.17, 15) is 19.2 Å². The molecule has 0 N–H and O–H groups in total. The van der Waals surface area contributed by atoms with Gasteiger partial charge in [-0.15, -0.1) is 23.2 Å². The van der Waals surface area contributed by atoms with Gasteiger partial charge in [0.15, 0.2) is 24.5 Å². The molecule has 1 aliphatic rings. The van der Waals surface area contributed by atoms with E-state index in [1.807, 2.05) is 0 Å². The average Bonchev–Trinajstić information content (AvgIpc) is 2.81. The second kappa shape index (κ2) is 17.3. The summed E-state index contributed by atoms with van der Waals surface area (Å²) in [6.45, 7) is 8.67. The van der Waals surface area contributed by atoms with Gasteiger partial charge in [0.05, 0.1) is 13.2 Å². The standard InChI is InChI=1S/C22H37Cl2N2O11P/c1-7-32-38(33-8-2,26(11-9-23)12-10-24)25-22-21(36-17(6)30)20(35-16(5)29)19(34-15(4)28)18(37-22)13-31-14(3)27/h18-22H,7-13H2,1-6H3/t18-,19-,20+,21-,22-/m1/s1. The number of halogens is 2. The van der Waals surface area contributed by atoms with Crippen LogP contribution in [-0.4, -0.2) is 104 Å².